The van der Waals surface area contributed by atoms with Crippen molar-refractivity contribution in [1.29, 1.82) is 0 Å². The first-order chi connectivity index (χ1) is 9.14. The first kappa shape index (κ1) is 16.9. The van der Waals surface area contributed by atoms with Crippen molar-refractivity contribution in [2.75, 3.05) is 25.4 Å². The molecule has 0 bridgehead atoms. The molecule has 0 aromatic rings. The van der Waals surface area contributed by atoms with Crippen LogP contribution < -0.4 is 10.0 Å². The number of hydrogen-bond donors (Lipinski definition) is 2. The van der Waals surface area contributed by atoms with Crippen molar-refractivity contribution in [2.24, 2.45) is 5.92 Å². The van der Waals surface area contributed by atoms with E-state index in [-0.39, 0.29) is 11.7 Å². The van der Waals surface area contributed by atoms with E-state index in [4.69, 9.17) is 0 Å². The standard InChI is InChI=1S/C14H30N2O2S/c1-2-3-4-5-6-7-11-16-19(17,18)13-14-9-8-10-15-12-14/h14-16H,2-13H2,1H3. The normalized spacial score (nSPS) is 20.6. The quantitative estimate of drug-likeness (QED) is 0.607. The molecular weight excluding hydrogens is 260 g/mol. The maximum atomic E-state index is 11.9. The Morgan fingerprint density at radius 1 is 1.16 bits per heavy atom. The Morgan fingerprint density at radius 2 is 1.89 bits per heavy atom. The number of unbranched alkanes of at least 4 members (excludes halogenated alkanes) is 5. The fourth-order valence-electron chi connectivity index (χ4n) is 2.57. The minimum atomic E-state index is -3.07. The van der Waals surface area contributed by atoms with E-state index in [0.29, 0.717) is 6.54 Å². The Hall–Kier alpha value is -0.130. The van der Waals surface area contributed by atoms with Crippen LogP contribution in [0, 0.1) is 5.92 Å². The average Bonchev–Trinajstić information content (AvgIpc) is 2.38. The third kappa shape index (κ3) is 8.60. The van der Waals surface area contributed by atoms with Crippen molar-refractivity contribution in [2.45, 2.75) is 58.3 Å². The molecule has 1 heterocycles. The molecule has 1 aliphatic rings. The molecule has 1 unspecified atom stereocenters. The summed E-state index contributed by atoms with van der Waals surface area (Å²) in [6.07, 6.45) is 9.27. The second-order valence-electron chi connectivity index (χ2n) is 5.66. The van der Waals surface area contributed by atoms with Crippen molar-refractivity contribution in [1.82, 2.24) is 10.0 Å². The second kappa shape index (κ2) is 9.72. The summed E-state index contributed by atoms with van der Waals surface area (Å²) in [6, 6.07) is 0. The molecule has 0 aliphatic carbocycles. The third-order valence-corrected chi connectivity index (χ3v) is 5.26. The van der Waals surface area contributed by atoms with Gasteiger partial charge < -0.3 is 5.32 Å². The third-order valence-electron chi connectivity index (χ3n) is 3.71. The minimum Gasteiger partial charge on any atom is -0.316 e. The van der Waals surface area contributed by atoms with Gasteiger partial charge in [-0.25, -0.2) is 13.1 Å². The van der Waals surface area contributed by atoms with Crippen molar-refractivity contribution in [3.63, 3.8) is 0 Å². The highest BCUT2D eigenvalue weighted by atomic mass is 32.2. The van der Waals surface area contributed by atoms with E-state index in [2.05, 4.69) is 17.0 Å². The van der Waals surface area contributed by atoms with Gasteiger partial charge >= 0.3 is 0 Å². The molecule has 5 heteroatoms. The van der Waals surface area contributed by atoms with Gasteiger partial charge in [0.1, 0.15) is 0 Å². The molecule has 4 nitrogen and oxygen atoms in total. The summed E-state index contributed by atoms with van der Waals surface area (Å²) in [5, 5.41) is 3.26. The van der Waals surface area contributed by atoms with E-state index in [0.717, 1.165) is 38.8 Å². The van der Waals surface area contributed by atoms with Gasteiger partial charge in [0.05, 0.1) is 5.75 Å². The maximum absolute atomic E-state index is 11.9. The van der Waals surface area contributed by atoms with Gasteiger partial charge in [-0.3, -0.25) is 0 Å². The van der Waals surface area contributed by atoms with Crippen LogP contribution in [-0.2, 0) is 10.0 Å². The minimum absolute atomic E-state index is 0.288. The number of sulfonamides is 1. The van der Waals surface area contributed by atoms with Gasteiger partial charge in [0.2, 0.25) is 10.0 Å². The van der Waals surface area contributed by atoms with Gasteiger partial charge in [-0.15, -0.1) is 0 Å². The fraction of sp³-hybridized carbons (Fsp3) is 1.00. The summed E-state index contributed by atoms with van der Waals surface area (Å²) >= 11 is 0. The van der Waals surface area contributed by atoms with Crippen molar-refractivity contribution in [3.05, 3.63) is 0 Å². The molecule has 1 fully saturated rings. The topological polar surface area (TPSA) is 58.2 Å². The molecule has 19 heavy (non-hydrogen) atoms. The molecule has 0 radical (unpaired) electrons. The second-order valence-corrected chi connectivity index (χ2v) is 7.51. The zero-order chi connectivity index (χ0) is 14.0. The SMILES string of the molecule is CCCCCCCCNS(=O)(=O)CC1CCCNC1. The van der Waals surface area contributed by atoms with E-state index in [9.17, 15) is 8.42 Å². The zero-order valence-electron chi connectivity index (χ0n) is 12.3. The van der Waals surface area contributed by atoms with Crippen molar-refractivity contribution >= 4 is 10.0 Å². The Balaban J connectivity index is 2.06. The summed E-state index contributed by atoms with van der Waals surface area (Å²) in [6.45, 7) is 4.68. The van der Waals surface area contributed by atoms with E-state index < -0.39 is 10.0 Å². The molecule has 1 aliphatic heterocycles. The molecular formula is C14H30N2O2S. The van der Waals surface area contributed by atoms with E-state index in [1.54, 1.807) is 0 Å². The average molecular weight is 290 g/mol. The van der Waals surface area contributed by atoms with Crippen LogP contribution in [0.4, 0.5) is 0 Å². The number of hydrogen-bond acceptors (Lipinski definition) is 3. The van der Waals surface area contributed by atoms with Crippen LogP contribution in [0.1, 0.15) is 58.3 Å². The molecule has 2 N–H and O–H groups in total. The molecule has 0 amide bonds. The molecule has 0 aromatic carbocycles. The number of nitrogens with one attached hydrogen (secondary N) is 2. The monoisotopic (exact) mass is 290 g/mol. The van der Waals surface area contributed by atoms with Crippen LogP contribution in [0.3, 0.4) is 0 Å². The van der Waals surface area contributed by atoms with Crippen LogP contribution >= 0.6 is 0 Å². The molecule has 0 spiro atoms. The Bertz CT molecular complexity index is 311. The summed E-state index contributed by atoms with van der Waals surface area (Å²) in [5.41, 5.74) is 0. The van der Waals surface area contributed by atoms with Gasteiger partial charge in [-0.2, -0.15) is 0 Å². The van der Waals surface area contributed by atoms with E-state index >= 15 is 0 Å². The highest BCUT2D eigenvalue weighted by Gasteiger charge is 2.20. The van der Waals surface area contributed by atoms with Crippen LogP contribution in [0.2, 0.25) is 0 Å². The summed E-state index contributed by atoms with van der Waals surface area (Å²) in [4.78, 5) is 0. The van der Waals surface area contributed by atoms with Crippen LogP contribution in [-0.4, -0.2) is 33.8 Å². The van der Waals surface area contributed by atoms with E-state index in [1.165, 1.54) is 25.7 Å². The highest BCUT2D eigenvalue weighted by Crippen LogP contribution is 2.12. The maximum Gasteiger partial charge on any atom is 0.211 e. The van der Waals surface area contributed by atoms with Gasteiger partial charge in [0, 0.05) is 6.54 Å². The first-order valence-electron chi connectivity index (χ1n) is 7.82. The molecule has 114 valence electrons. The lowest BCUT2D eigenvalue weighted by molar-refractivity contribution is 0.402. The lowest BCUT2D eigenvalue weighted by atomic mass is 10.0. The Morgan fingerprint density at radius 3 is 2.58 bits per heavy atom. The Kier molecular flexibility index (Phi) is 8.66. The number of piperidine rings is 1. The lowest BCUT2D eigenvalue weighted by Gasteiger charge is -2.22. The molecule has 0 saturated carbocycles. The van der Waals surface area contributed by atoms with Crippen molar-refractivity contribution in [3.8, 4) is 0 Å². The van der Waals surface area contributed by atoms with Gasteiger partial charge in [0.15, 0.2) is 0 Å². The highest BCUT2D eigenvalue weighted by molar-refractivity contribution is 7.89. The molecule has 1 rings (SSSR count). The first-order valence-corrected chi connectivity index (χ1v) is 9.47. The fourth-order valence-corrected chi connectivity index (χ4v) is 4.05. The molecule has 1 atom stereocenters. The van der Waals surface area contributed by atoms with Gasteiger partial charge in [-0.1, -0.05) is 39.0 Å². The van der Waals surface area contributed by atoms with Gasteiger partial charge in [0.25, 0.3) is 0 Å². The van der Waals surface area contributed by atoms with Crippen LogP contribution in [0.25, 0.3) is 0 Å². The zero-order valence-corrected chi connectivity index (χ0v) is 13.1. The van der Waals surface area contributed by atoms with Crippen molar-refractivity contribution < 1.29 is 8.42 Å². The summed E-state index contributed by atoms with van der Waals surface area (Å²) in [7, 11) is -3.07. The number of rotatable bonds is 10. The predicted molar refractivity (Wildman–Crippen MR) is 80.8 cm³/mol. The Labute approximate surface area is 118 Å². The predicted octanol–water partition coefficient (Wildman–Crippen LogP) is 2.27. The smallest absolute Gasteiger partial charge is 0.211 e. The largest absolute Gasteiger partial charge is 0.316 e. The summed E-state index contributed by atoms with van der Waals surface area (Å²) in [5.74, 6) is 0.575. The van der Waals surface area contributed by atoms with Crippen LogP contribution in [0.5, 0.6) is 0 Å². The van der Waals surface area contributed by atoms with Crippen LogP contribution in [0.15, 0.2) is 0 Å². The van der Waals surface area contributed by atoms with Gasteiger partial charge in [-0.05, 0) is 38.3 Å². The summed E-state index contributed by atoms with van der Waals surface area (Å²) < 4.78 is 26.5. The lowest BCUT2D eigenvalue weighted by Crippen LogP contribution is -2.37. The van der Waals surface area contributed by atoms with E-state index in [1.807, 2.05) is 0 Å². The molecule has 0 aromatic heterocycles. The molecule has 1 saturated heterocycles.